The van der Waals surface area contributed by atoms with Crippen LogP contribution in [0.15, 0.2) is 79.0 Å². The van der Waals surface area contributed by atoms with Crippen LogP contribution in [-0.4, -0.2) is 10.9 Å². The lowest BCUT2D eigenvalue weighted by Crippen LogP contribution is -2.15. The zero-order chi connectivity index (χ0) is 16.1. The van der Waals surface area contributed by atoms with E-state index in [0.29, 0.717) is 5.69 Å². The molecule has 23 heavy (non-hydrogen) atoms. The molecule has 1 heterocycles. The fraction of sp³-hybridized carbons (Fsp3) is 0.100. The van der Waals surface area contributed by atoms with Crippen molar-refractivity contribution in [3.8, 4) is 0 Å². The van der Waals surface area contributed by atoms with Crippen molar-refractivity contribution in [2.75, 3.05) is 5.32 Å². The lowest BCUT2D eigenvalue weighted by Gasteiger charge is -2.17. The first-order chi connectivity index (χ1) is 11.3. The molecule has 1 aromatic heterocycles. The standard InChI is InChI=1S/C20H18N2O/c1-15(16-9-3-2-4-10-16)17-11-5-6-12-18(17)22-20(23)19-13-7-8-14-21-19/h2-15H,1H3,(H,22,23). The maximum absolute atomic E-state index is 12.4. The van der Waals surface area contributed by atoms with Gasteiger partial charge in [0.2, 0.25) is 0 Å². The summed E-state index contributed by atoms with van der Waals surface area (Å²) in [7, 11) is 0. The first-order valence-electron chi connectivity index (χ1n) is 7.62. The third-order valence-corrected chi connectivity index (χ3v) is 3.87. The molecule has 3 heteroatoms. The summed E-state index contributed by atoms with van der Waals surface area (Å²) in [6, 6.07) is 23.5. The van der Waals surface area contributed by atoms with Crippen molar-refractivity contribution < 1.29 is 4.79 Å². The summed E-state index contributed by atoms with van der Waals surface area (Å²) in [5.74, 6) is -0.00487. The highest BCUT2D eigenvalue weighted by Gasteiger charge is 2.15. The number of hydrogen-bond acceptors (Lipinski definition) is 2. The number of rotatable bonds is 4. The minimum atomic E-state index is -0.196. The zero-order valence-corrected chi connectivity index (χ0v) is 12.9. The maximum atomic E-state index is 12.4. The average molecular weight is 302 g/mol. The smallest absolute Gasteiger partial charge is 0.274 e. The lowest BCUT2D eigenvalue weighted by molar-refractivity contribution is 0.102. The Labute approximate surface area is 136 Å². The molecule has 2 aromatic carbocycles. The highest BCUT2D eigenvalue weighted by Crippen LogP contribution is 2.30. The van der Waals surface area contributed by atoms with Gasteiger partial charge in [-0.15, -0.1) is 0 Å². The SMILES string of the molecule is CC(c1ccccc1)c1ccccc1NC(=O)c1ccccn1. The molecule has 1 N–H and O–H groups in total. The molecule has 0 aliphatic heterocycles. The van der Waals surface area contributed by atoms with Crippen molar-refractivity contribution in [3.05, 3.63) is 95.8 Å². The molecule has 0 fully saturated rings. The van der Waals surface area contributed by atoms with E-state index >= 15 is 0 Å². The Kier molecular flexibility index (Phi) is 4.48. The summed E-state index contributed by atoms with van der Waals surface area (Å²) < 4.78 is 0. The Balaban J connectivity index is 1.88. The van der Waals surface area contributed by atoms with E-state index in [9.17, 15) is 4.79 Å². The van der Waals surface area contributed by atoms with E-state index in [0.717, 1.165) is 11.3 Å². The van der Waals surface area contributed by atoms with E-state index in [1.54, 1.807) is 24.4 Å². The number of nitrogens with zero attached hydrogens (tertiary/aromatic N) is 1. The number of para-hydroxylation sites is 1. The van der Waals surface area contributed by atoms with E-state index in [1.807, 2.05) is 42.5 Å². The fourth-order valence-corrected chi connectivity index (χ4v) is 2.59. The number of aromatic nitrogens is 1. The summed E-state index contributed by atoms with van der Waals surface area (Å²) in [5.41, 5.74) is 3.53. The molecule has 1 unspecified atom stereocenters. The second-order valence-corrected chi connectivity index (χ2v) is 5.39. The molecule has 0 aliphatic rings. The van der Waals surface area contributed by atoms with Gasteiger partial charge in [-0.05, 0) is 29.3 Å². The monoisotopic (exact) mass is 302 g/mol. The first kappa shape index (κ1) is 15.0. The van der Waals surface area contributed by atoms with Crippen LogP contribution in [0.5, 0.6) is 0 Å². The van der Waals surface area contributed by atoms with Gasteiger partial charge in [-0.1, -0.05) is 61.5 Å². The molecule has 0 aliphatic carbocycles. The van der Waals surface area contributed by atoms with Gasteiger partial charge in [0.15, 0.2) is 0 Å². The molecular formula is C20H18N2O. The van der Waals surface area contributed by atoms with Crippen molar-refractivity contribution in [2.45, 2.75) is 12.8 Å². The predicted molar refractivity (Wildman–Crippen MR) is 92.6 cm³/mol. The number of pyridine rings is 1. The molecule has 0 saturated heterocycles. The molecule has 114 valence electrons. The second-order valence-electron chi connectivity index (χ2n) is 5.39. The lowest BCUT2D eigenvalue weighted by atomic mass is 9.92. The van der Waals surface area contributed by atoms with Gasteiger partial charge in [0.1, 0.15) is 5.69 Å². The van der Waals surface area contributed by atoms with Crippen LogP contribution in [-0.2, 0) is 0 Å². The summed E-state index contributed by atoms with van der Waals surface area (Å²) in [6.45, 7) is 2.14. The third kappa shape index (κ3) is 3.46. The van der Waals surface area contributed by atoms with Gasteiger partial charge in [0.05, 0.1) is 0 Å². The highest BCUT2D eigenvalue weighted by atomic mass is 16.1. The van der Waals surface area contributed by atoms with Crippen molar-refractivity contribution in [2.24, 2.45) is 0 Å². The Bertz CT molecular complexity index is 785. The number of carbonyl (C=O) groups excluding carboxylic acids is 1. The Hall–Kier alpha value is -2.94. The van der Waals surface area contributed by atoms with Gasteiger partial charge >= 0.3 is 0 Å². The quantitative estimate of drug-likeness (QED) is 0.771. The minimum Gasteiger partial charge on any atom is -0.320 e. The van der Waals surface area contributed by atoms with Crippen LogP contribution in [0.25, 0.3) is 0 Å². The third-order valence-electron chi connectivity index (χ3n) is 3.87. The number of anilines is 1. The number of hydrogen-bond donors (Lipinski definition) is 1. The molecular weight excluding hydrogens is 284 g/mol. The normalized spacial score (nSPS) is 11.7. The number of benzene rings is 2. The molecule has 0 bridgehead atoms. The molecule has 3 aromatic rings. The summed E-state index contributed by atoms with van der Waals surface area (Å²) in [5, 5.41) is 2.98. The zero-order valence-electron chi connectivity index (χ0n) is 12.9. The number of nitrogens with one attached hydrogen (secondary N) is 1. The van der Waals surface area contributed by atoms with Gasteiger partial charge in [-0.2, -0.15) is 0 Å². The van der Waals surface area contributed by atoms with Crippen LogP contribution in [0, 0.1) is 0 Å². The van der Waals surface area contributed by atoms with Crippen LogP contribution in [0.4, 0.5) is 5.69 Å². The van der Waals surface area contributed by atoms with Crippen molar-refractivity contribution >= 4 is 11.6 Å². The number of amides is 1. The molecule has 3 rings (SSSR count). The van der Waals surface area contributed by atoms with Crippen LogP contribution in [0.2, 0.25) is 0 Å². The average Bonchev–Trinajstić information content (AvgIpc) is 2.63. The largest absolute Gasteiger partial charge is 0.320 e. The molecule has 0 saturated carbocycles. The highest BCUT2D eigenvalue weighted by molar-refractivity contribution is 6.03. The summed E-state index contributed by atoms with van der Waals surface area (Å²) >= 11 is 0. The molecule has 3 nitrogen and oxygen atoms in total. The van der Waals surface area contributed by atoms with Crippen molar-refractivity contribution in [1.82, 2.24) is 4.98 Å². The van der Waals surface area contributed by atoms with Crippen LogP contribution < -0.4 is 5.32 Å². The van der Waals surface area contributed by atoms with Crippen LogP contribution in [0.1, 0.15) is 34.5 Å². The second kappa shape index (κ2) is 6.88. The summed E-state index contributed by atoms with van der Waals surface area (Å²) in [6.07, 6.45) is 1.62. The van der Waals surface area contributed by atoms with E-state index in [1.165, 1.54) is 5.56 Å². The van der Waals surface area contributed by atoms with Gasteiger partial charge in [-0.25, -0.2) is 0 Å². The van der Waals surface area contributed by atoms with Crippen molar-refractivity contribution in [1.29, 1.82) is 0 Å². The van der Waals surface area contributed by atoms with Gasteiger partial charge in [0.25, 0.3) is 5.91 Å². The molecule has 0 spiro atoms. The van der Waals surface area contributed by atoms with Gasteiger partial charge < -0.3 is 5.32 Å². The van der Waals surface area contributed by atoms with E-state index in [-0.39, 0.29) is 11.8 Å². The summed E-state index contributed by atoms with van der Waals surface area (Å²) in [4.78, 5) is 16.4. The predicted octanol–water partition coefficient (Wildman–Crippen LogP) is 4.49. The van der Waals surface area contributed by atoms with Gasteiger partial charge in [-0.3, -0.25) is 9.78 Å². The van der Waals surface area contributed by atoms with E-state index in [4.69, 9.17) is 0 Å². The molecule has 0 radical (unpaired) electrons. The Morgan fingerprint density at radius 2 is 1.61 bits per heavy atom. The molecule has 1 amide bonds. The van der Waals surface area contributed by atoms with Crippen LogP contribution >= 0.6 is 0 Å². The van der Waals surface area contributed by atoms with Gasteiger partial charge in [0, 0.05) is 17.8 Å². The fourth-order valence-electron chi connectivity index (χ4n) is 2.59. The Morgan fingerprint density at radius 3 is 2.35 bits per heavy atom. The maximum Gasteiger partial charge on any atom is 0.274 e. The first-order valence-corrected chi connectivity index (χ1v) is 7.62. The van der Waals surface area contributed by atoms with Crippen LogP contribution in [0.3, 0.4) is 0 Å². The van der Waals surface area contributed by atoms with E-state index in [2.05, 4.69) is 29.4 Å². The minimum absolute atomic E-state index is 0.191. The topological polar surface area (TPSA) is 42.0 Å². The van der Waals surface area contributed by atoms with Crippen molar-refractivity contribution in [3.63, 3.8) is 0 Å². The molecule has 1 atom stereocenters. The van der Waals surface area contributed by atoms with E-state index < -0.39 is 0 Å². The number of carbonyl (C=O) groups is 1. The Morgan fingerprint density at radius 1 is 0.913 bits per heavy atom.